The maximum absolute atomic E-state index is 9.30. The third-order valence-corrected chi connectivity index (χ3v) is 1.73. The van der Waals surface area contributed by atoms with Crippen LogP contribution < -0.4 is 4.98 Å². The SMILES string of the molecule is O=[C]N[SiH2]O[SiH3]. The van der Waals surface area contributed by atoms with E-state index in [0.717, 1.165) is 10.5 Å². The number of rotatable bonds is 3. The lowest BCUT2D eigenvalue weighted by Gasteiger charge is -1.87. The van der Waals surface area contributed by atoms with E-state index in [1.807, 2.05) is 0 Å². The van der Waals surface area contributed by atoms with Crippen molar-refractivity contribution in [2.45, 2.75) is 0 Å². The summed E-state index contributed by atoms with van der Waals surface area (Å²) in [6, 6.07) is 0. The van der Waals surface area contributed by atoms with Crippen molar-refractivity contribution in [2.24, 2.45) is 0 Å². The lowest BCUT2D eigenvalue weighted by Crippen LogP contribution is -2.18. The fourth-order valence-electron chi connectivity index (χ4n) is 0.102. The number of nitrogens with one attached hydrogen (secondary N) is 1. The number of carbonyl (C=O) groups excluding carboxylic acids is 1. The average molecular weight is 120 g/mol. The molecule has 0 aromatic carbocycles. The molecule has 35 valence electrons. The van der Waals surface area contributed by atoms with Crippen molar-refractivity contribution in [1.29, 1.82) is 0 Å². The van der Waals surface area contributed by atoms with Gasteiger partial charge in [0.25, 0.3) is 9.92 Å². The Labute approximate surface area is 41.6 Å². The summed E-state index contributed by atoms with van der Waals surface area (Å²) in [5, 5.41) is 0. The minimum Gasteiger partial charge on any atom is -0.453 e. The van der Waals surface area contributed by atoms with Gasteiger partial charge in [0, 0.05) is 0 Å². The minimum atomic E-state index is -0.690. The van der Waals surface area contributed by atoms with Crippen LogP contribution in [-0.2, 0) is 8.91 Å². The van der Waals surface area contributed by atoms with Gasteiger partial charge in [-0.25, -0.2) is 0 Å². The van der Waals surface area contributed by atoms with Crippen LogP contribution >= 0.6 is 0 Å². The predicted molar refractivity (Wildman–Crippen MR) is 28.4 cm³/mol. The highest BCUT2D eigenvalue weighted by atomic mass is 28.3. The van der Waals surface area contributed by atoms with Crippen molar-refractivity contribution in [3.63, 3.8) is 0 Å². The van der Waals surface area contributed by atoms with Crippen molar-refractivity contribution >= 4 is 26.8 Å². The van der Waals surface area contributed by atoms with Gasteiger partial charge in [0.05, 0.1) is 0 Å². The second-order valence-corrected chi connectivity index (χ2v) is 3.66. The van der Waals surface area contributed by atoms with E-state index in [2.05, 4.69) is 9.10 Å². The monoisotopic (exact) mass is 120 g/mol. The molecule has 0 fully saturated rings. The zero-order chi connectivity index (χ0) is 4.83. The molecule has 0 atom stereocenters. The minimum absolute atomic E-state index is 0.690. The summed E-state index contributed by atoms with van der Waals surface area (Å²) in [7, 11) is 0.0334. The standard InChI is InChI=1S/CH6NO2Si2/c3-1-2-6-4-5/h6H2,5H3,(H,2,3). The highest BCUT2D eigenvalue weighted by Crippen LogP contribution is 1.42. The lowest BCUT2D eigenvalue weighted by atomic mass is 11.5. The van der Waals surface area contributed by atoms with Gasteiger partial charge in [-0.2, -0.15) is 0 Å². The molecule has 0 saturated carbocycles. The van der Waals surface area contributed by atoms with Crippen LogP contribution in [0.4, 0.5) is 0 Å². The first-order chi connectivity index (χ1) is 2.91. The van der Waals surface area contributed by atoms with Crippen LogP contribution in [-0.4, -0.2) is 26.8 Å². The molecule has 6 heavy (non-hydrogen) atoms. The predicted octanol–water partition coefficient (Wildman–Crippen LogP) is -3.06. The molecular formula is CH6NO2Si2. The van der Waals surface area contributed by atoms with E-state index in [1.54, 1.807) is 0 Å². The summed E-state index contributed by atoms with van der Waals surface area (Å²) >= 11 is 0. The molecule has 0 heterocycles. The zero-order valence-electron chi connectivity index (χ0n) is 3.52. The molecule has 0 bridgehead atoms. The Kier molecular flexibility index (Phi) is 4.75. The zero-order valence-corrected chi connectivity index (χ0v) is 6.94. The Hall–Kier alpha value is -0.136. The Morgan fingerprint density at radius 3 is 2.83 bits per heavy atom. The highest BCUT2D eigenvalue weighted by Gasteiger charge is 1.72. The van der Waals surface area contributed by atoms with Crippen LogP contribution in [0.5, 0.6) is 0 Å². The molecular weight excluding hydrogens is 114 g/mol. The van der Waals surface area contributed by atoms with Crippen molar-refractivity contribution in [3.05, 3.63) is 0 Å². The topological polar surface area (TPSA) is 38.3 Å². The van der Waals surface area contributed by atoms with Crippen LogP contribution in [0.3, 0.4) is 0 Å². The van der Waals surface area contributed by atoms with E-state index in [4.69, 9.17) is 0 Å². The summed E-state index contributed by atoms with van der Waals surface area (Å²) in [4.78, 5) is 11.6. The molecule has 1 amide bonds. The van der Waals surface area contributed by atoms with Gasteiger partial charge in [0.2, 0.25) is 0 Å². The molecule has 3 nitrogen and oxygen atoms in total. The highest BCUT2D eigenvalue weighted by molar-refractivity contribution is 6.34. The molecule has 0 unspecified atom stereocenters. The van der Waals surface area contributed by atoms with Crippen molar-refractivity contribution in [2.75, 3.05) is 0 Å². The molecule has 0 aliphatic carbocycles. The Bertz CT molecular complexity index is 40.5. The van der Waals surface area contributed by atoms with Crippen LogP contribution in [0.25, 0.3) is 0 Å². The Morgan fingerprint density at radius 2 is 2.67 bits per heavy atom. The van der Waals surface area contributed by atoms with Crippen molar-refractivity contribution < 1.29 is 8.91 Å². The lowest BCUT2D eigenvalue weighted by molar-refractivity contribution is 0.549. The van der Waals surface area contributed by atoms with Crippen LogP contribution in [0.15, 0.2) is 0 Å². The van der Waals surface area contributed by atoms with Gasteiger partial charge < -0.3 is 9.10 Å². The number of hydrogen-bond acceptors (Lipinski definition) is 2. The number of amides is 1. The molecule has 1 radical (unpaired) electrons. The molecule has 0 aliphatic heterocycles. The summed E-state index contributed by atoms with van der Waals surface area (Å²) < 4.78 is 4.69. The fourth-order valence-corrected chi connectivity index (χ4v) is 0.738. The van der Waals surface area contributed by atoms with Gasteiger partial charge in [-0.3, -0.25) is 4.79 Å². The van der Waals surface area contributed by atoms with Gasteiger partial charge in [-0.05, 0) is 0 Å². The molecule has 1 N–H and O–H groups in total. The normalized spacial score (nSPS) is 10.0. The third-order valence-electron chi connectivity index (χ3n) is 0.289. The van der Waals surface area contributed by atoms with Crippen LogP contribution in [0, 0.1) is 0 Å². The van der Waals surface area contributed by atoms with Gasteiger partial charge in [-0.15, -0.1) is 0 Å². The fraction of sp³-hybridized carbons (Fsp3) is 0. The molecule has 0 aromatic heterocycles. The summed E-state index contributed by atoms with van der Waals surface area (Å²) in [6.07, 6.45) is 1.53. The summed E-state index contributed by atoms with van der Waals surface area (Å²) in [5.41, 5.74) is 0. The van der Waals surface area contributed by atoms with Gasteiger partial charge >= 0.3 is 6.41 Å². The average Bonchev–Trinajstić information content (AvgIpc) is 1.61. The third kappa shape index (κ3) is 3.86. The maximum atomic E-state index is 9.30. The Balaban J connectivity index is 2.49. The van der Waals surface area contributed by atoms with Crippen molar-refractivity contribution in [1.82, 2.24) is 4.98 Å². The van der Waals surface area contributed by atoms with E-state index in [0.29, 0.717) is 0 Å². The van der Waals surface area contributed by atoms with E-state index in [9.17, 15) is 4.79 Å². The van der Waals surface area contributed by atoms with Gasteiger partial charge in [0.15, 0.2) is 0 Å². The van der Waals surface area contributed by atoms with E-state index >= 15 is 0 Å². The molecule has 0 spiro atoms. The summed E-state index contributed by atoms with van der Waals surface area (Å²) in [6.45, 7) is 0. The molecule has 0 aliphatic rings. The molecule has 0 rings (SSSR count). The molecule has 0 aromatic rings. The molecule has 5 heteroatoms. The van der Waals surface area contributed by atoms with E-state index in [1.165, 1.54) is 6.41 Å². The smallest absolute Gasteiger partial charge is 0.302 e. The first kappa shape index (κ1) is 5.86. The van der Waals surface area contributed by atoms with Gasteiger partial charge in [-0.1, -0.05) is 0 Å². The van der Waals surface area contributed by atoms with Crippen LogP contribution in [0.1, 0.15) is 0 Å². The second kappa shape index (κ2) is 4.86. The maximum Gasteiger partial charge on any atom is 0.302 e. The first-order valence-electron chi connectivity index (χ1n) is 1.50. The summed E-state index contributed by atoms with van der Waals surface area (Å²) in [5.74, 6) is 0. The number of hydrogen-bond donors (Lipinski definition) is 1. The largest absolute Gasteiger partial charge is 0.453 e. The first-order valence-corrected chi connectivity index (χ1v) is 3.61. The second-order valence-electron chi connectivity index (χ2n) is 0.712. The van der Waals surface area contributed by atoms with E-state index < -0.39 is 9.92 Å². The van der Waals surface area contributed by atoms with Crippen LogP contribution in [0.2, 0.25) is 0 Å². The van der Waals surface area contributed by atoms with Gasteiger partial charge in [0.1, 0.15) is 10.5 Å². The van der Waals surface area contributed by atoms with E-state index in [-0.39, 0.29) is 0 Å². The Morgan fingerprint density at radius 1 is 2.00 bits per heavy atom. The quantitative estimate of drug-likeness (QED) is 0.244. The molecule has 0 saturated heterocycles. The van der Waals surface area contributed by atoms with Crippen molar-refractivity contribution in [3.8, 4) is 0 Å².